The van der Waals surface area contributed by atoms with E-state index in [-0.39, 0.29) is 50.3 Å². The minimum Gasteiger partial charge on any atom is -0.461 e. The number of hydrogen-bond acceptors (Lipinski definition) is 5. The normalized spacial score (nSPS) is 11.2. The van der Waals surface area contributed by atoms with Crippen LogP contribution in [0.3, 0.4) is 0 Å². The van der Waals surface area contributed by atoms with Gasteiger partial charge in [0.1, 0.15) is 5.69 Å². The lowest BCUT2D eigenvalue weighted by molar-refractivity contribution is 0.0506. The van der Waals surface area contributed by atoms with Gasteiger partial charge in [-0.1, -0.05) is 23.7 Å². The largest absolute Gasteiger partial charge is 0.461 e. The molecule has 134 valence electrons. The van der Waals surface area contributed by atoms with E-state index in [1.165, 1.54) is 4.68 Å². The Morgan fingerprint density at radius 2 is 2.12 bits per heavy atom. The third-order valence-corrected chi connectivity index (χ3v) is 3.40. The fraction of sp³-hybridized carbons (Fsp3) is 0.333. The summed E-state index contributed by atoms with van der Waals surface area (Å²) in [4.78, 5) is 12.1. The van der Waals surface area contributed by atoms with Gasteiger partial charge < -0.3 is 15.6 Å². The van der Waals surface area contributed by atoms with Crippen LogP contribution in [0, 0.1) is 0 Å². The van der Waals surface area contributed by atoms with E-state index in [1.807, 2.05) is 6.07 Å². The van der Waals surface area contributed by atoms with Gasteiger partial charge in [0.05, 0.1) is 24.9 Å². The number of nitrogens with two attached hydrogens (primary N) is 1. The number of aliphatic hydroxyl groups excluding tert-OH is 1. The second-order valence-corrected chi connectivity index (χ2v) is 5.10. The van der Waals surface area contributed by atoms with Crippen molar-refractivity contribution in [2.75, 3.05) is 19.8 Å². The Hall–Kier alpha value is -1.31. The molecule has 0 bridgehead atoms. The van der Waals surface area contributed by atoms with Crippen LogP contribution in [0.4, 0.5) is 0 Å². The predicted molar refractivity (Wildman–Crippen MR) is 98.3 cm³/mol. The number of aromatic nitrogens is 2. The molecule has 1 aromatic carbocycles. The molecule has 1 heterocycles. The average Bonchev–Trinajstić information content (AvgIpc) is 2.94. The van der Waals surface area contributed by atoms with E-state index in [2.05, 4.69) is 5.10 Å². The van der Waals surface area contributed by atoms with Gasteiger partial charge in [-0.3, -0.25) is 4.68 Å². The third-order valence-electron chi connectivity index (χ3n) is 3.17. The number of halogens is 3. The molecule has 1 atom stereocenters. The molecule has 0 amide bonds. The van der Waals surface area contributed by atoms with Gasteiger partial charge >= 0.3 is 5.97 Å². The van der Waals surface area contributed by atoms with Crippen molar-refractivity contribution >= 4 is 42.4 Å². The van der Waals surface area contributed by atoms with Gasteiger partial charge in [0.15, 0.2) is 0 Å². The molecule has 0 aliphatic heterocycles. The lowest BCUT2D eigenvalue weighted by Gasteiger charge is -2.14. The van der Waals surface area contributed by atoms with E-state index < -0.39 is 12.0 Å². The zero-order valence-corrected chi connectivity index (χ0v) is 15.4. The van der Waals surface area contributed by atoms with Gasteiger partial charge in [0.2, 0.25) is 0 Å². The number of ether oxygens (including phenoxy) is 1. The molecule has 0 saturated carbocycles. The van der Waals surface area contributed by atoms with Crippen LogP contribution in [0.5, 0.6) is 0 Å². The van der Waals surface area contributed by atoms with Gasteiger partial charge in [-0.2, -0.15) is 5.10 Å². The minimum absolute atomic E-state index is 0. The lowest BCUT2D eigenvalue weighted by Crippen LogP contribution is -2.27. The summed E-state index contributed by atoms with van der Waals surface area (Å²) >= 11 is 5.98. The number of esters is 1. The minimum atomic E-state index is -0.504. The highest BCUT2D eigenvalue weighted by Crippen LogP contribution is 2.24. The molecule has 9 heteroatoms. The Bertz CT molecular complexity index is 660. The van der Waals surface area contributed by atoms with E-state index in [9.17, 15) is 9.90 Å². The first-order valence-electron chi connectivity index (χ1n) is 6.94. The van der Waals surface area contributed by atoms with Crippen molar-refractivity contribution < 1.29 is 14.6 Å². The lowest BCUT2D eigenvalue weighted by atomic mass is 10.1. The molecule has 0 spiro atoms. The van der Waals surface area contributed by atoms with Crippen LogP contribution in [0.25, 0.3) is 11.3 Å². The molecule has 2 aromatic rings. The number of benzene rings is 1. The summed E-state index contributed by atoms with van der Waals surface area (Å²) in [5.41, 5.74) is 7.22. The molecule has 0 radical (unpaired) electrons. The Labute approximate surface area is 157 Å². The van der Waals surface area contributed by atoms with Crippen LogP contribution >= 0.6 is 36.4 Å². The molecule has 0 saturated heterocycles. The molecule has 6 nitrogen and oxygen atoms in total. The summed E-state index contributed by atoms with van der Waals surface area (Å²) in [6, 6.07) is 8.26. The van der Waals surface area contributed by atoms with Crippen molar-refractivity contribution in [2.45, 2.75) is 13.0 Å². The molecule has 24 heavy (non-hydrogen) atoms. The molecular weight excluding hydrogens is 377 g/mol. The van der Waals surface area contributed by atoms with Crippen LogP contribution in [-0.4, -0.2) is 40.6 Å². The maximum Gasteiger partial charge on any atom is 0.356 e. The number of aliphatic hydroxyl groups is 1. The number of nitrogens with zero attached hydrogens (tertiary/aromatic N) is 2. The number of carbonyl (C=O) groups excluding carboxylic acids is 1. The van der Waals surface area contributed by atoms with E-state index in [0.717, 1.165) is 5.56 Å². The SMILES string of the molecule is CCOC(=O)c1cc(-c2cccc(Cl)c2)nn1C(CN)CO.Cl.Cl. The summed E-state index contributed by atoms with van der Waals surface area (Å²) in [6.07, 6.45) is 0. The van der Waals surface area contributed by atoms with Crippen molar-refractivity contribution in [1.29, 1.82) is 0 Å². The number of rotatable bonds is 6. The van der Waals surface area contributed by atoms with Crippen molar-refractivity contribution in [2.24, 2.45) is 5.73 Å². The maximum absolute atomic E-state index is 12.1. The second kappa shape index (κ2) is 10.5. The highest BCUT2D eigenvalue weighted by molar-refractivity contribution is 6.30. The fourth-order valence-electron chi connectivity index (χ4n) is 2.07. The molecule has 2 rings (SSSR count). The Balaban J connectivity index is 0.00000264. The van der Waals surface area contributed by atoms with Crippen LogP contribution < -0.4 is 5.73 Å². The molecule has 0 aliphatic rings. The van der Waals surface area contributed by atoms with Crippen LogP contribution in [0.1, 0.15) is 23.5 Å². The monoisotopic (exact) mass is 395 g/mol. The third kappa shape index (κ3) is 5.09. The first kappa shape index (κ1) is 22.7. The Morgan fingerprint density at radius 1 is 1.42 bits per heavy atom. The van der Waals surface area contributed by atoms with E-state index in [1.54, 1.807) is 31.2 Å². The highest BCUT2D eigenvalue weighted by atomic mass is 35.5. The zero-order valence-electron chi connectivity index (χ0n) is 13.0. The standard InChI is InChI=1S/C15H18ClN3O3.2ClH/c1-2-22-15(21)14-7-13(10-4-3-5-11(16)6-10)18-19(14)12(8-17)9-20;;/h3-7,12,20H,2,8-9,17H2,1H3;2*1H. The molecule has 3 N–H and O–H groups in total. The van der Waals surface area contributed by atoms with Crippen molar-refractivity contribution in [1.82, 2.24) is 9.78 Å². The highest BCUT2D eigenvalue weighted by Gasteiger charge is 2.22. The molecule has 1 aromatic heterocycles. The summed E-state index contributed by atoms with van der Waals surface area (Å²) in [7, 11) is 0. The molecule has 1 unspecified atom stereocenters. The second-order valence-electron chi connectivity index (χ2n) is 4.66. The van der Waals surface area contributed by atoms with Crippen molar-refractivity contribution in [3.05, 3.63) is 41.0 Å². The summed E-state index contributed by atoms with van der Waals surface area (Å²) < 4.78 is 6.44. The quantitative estimate of drug-likeness (QED) is 0.733. The first-order chi connectivity index (χ1) is 10.6. The number of hydrogen-bond donors (Lipinski definition) is 2. The Kier molecular flexibility index (Phi) is 9.96. The van der Waals surface area contributed by atoms with E-state index in [4.69, 9.17) is 22.1 Å². The van der Waals surface area contributed by atoms with Crippen molar-refractivity contribution in [3.8, 4) is 11.3 Å². The van der Waals surface area contributed by atoms with E-state index >= 15 is 0 Å². The van der Waals surface area contributed by atoms with Crippen LogP contribution in [-0.2, 0) is 4.74 Å². The van der Waals surface area contributed by atoms with Gasteiger partial charge in [-0.05, 0) is 25.1 Å². The smallest absolute Gasteiger partial charge is 0.356 e. The molecule has 0 aliphatic carbocycles. The maximum atomic E-state index is 12.1. The van der Waals surface area contributed by atoms with Gasteiger partial charge in [0, 0.05) is 17.1 Å². The van der Waals surface area contributed by atoms with Crippen LogP contribution in [0.15, 0.2) is 30.3 Å². The van der Waals surface area contributed by atoms with E-state index in [0.29, 0.717) is 10.7 Å². The Morgan fingerprint density at radius 3 is 2.67 bits per heavy atom. The van der Waals surface area contributed by atoms with Crippen molar-refractivity contribution in [3.63, 3.8) is 0 Å². The predicted octanol–water partition coefficient (Wildman–Crippen LogP) is 2.72. The first-order valence-corrected chi connectivity index (χ1v) is 7.32. The summed E-state index contributed by atoms with van der Waals surface area (Å²) in [6.45, 7) is 1.91. The van der Waals surface area contributed by atoms with Gasteiger partial charge in [-0.25, -0.2) is 4.79 Å². The fourth-order valence-corrected chi connectivity index (χ4v) is 2.26. The summed E-state index contributed by atoms with van der Waals surface area (Å²) in [5.74, 6) is -0.504. The average molecular weight is 397 g/mol. The molecular formula is C15H20Cl3N3O3. The van der Waals surface area contributed by atoms with Gasteiger partial charge in [0.25, 0.3) is 0 Å². The van der Waals surface area contributed by atoms with Crippen LogP contribution in [0.2, 0.25) is 5.02 Å². The topological polar surface area (TPSA) is 90.4 Å². The number of carbonyl (C=O) groups is 1. The van der Waals surface area contributed by atoms with Gasteiger partial charge in [-0.15, -0.1) is 24.8 Å². The zero-order chi connectivity index (χ0) is 16.1. The molecule has 0 fully saturated rings. The summed E-state index contributed by atoms with van der Waals surface area (Å²) in [5, 5.41) is 14.4.